The lowest BCUT2D eigenvalue weighted by Gasteiger charge is -2.08. The molecule has 0 aliphatic carbocycles. The van der Waals surface area contributed by atoms with E-state index in [-0.39, 0.29) is 5.91 Å². The number of benzene rings is 3. The molecule has 118 valence electrons. The molecule has 0 atom stereocenters. The summed E-state index contributed by atoms with van der Waals surface area (Å²) in [6.07, 6.45) is 1.10. The van der Waals surface area contributed by atoms with Gasteiger partial charge in [0.25, 0.3) is 0 Å². The highest BCUT2D eigenvalue weighted by Crippen LogP contribution is 2.24. The zero-order valence-electron chi connectivity index (χ0n) is 13.0. The number of thiazole rings is 1. The van der Waals surface area contributed by atoms with Crippen molar-refractivity contribution in [1.82, 2.24) is 4.98 Å². The lowest BCUT2D eigenvalue weighted by Crippen LogP contribution is -2.12. The third-order valence-electron chi connectivity index (χ3n) is 3.97. The van der Waals surface area contributed by atoms with Gasteiger partial charge in [0.15, 0.2) is 0 Å². The number of hydrogen-bond acceptors (Lipinski definition) is 3. The number of para-hydroxylation sites is 1. The van der Waals surface area contributed by atoms with Crippen molar-refractivity contribution in [3.63, 3.8) is 0 Å². The maximum atomic E-state index is 12.3. The highest BCUT2D eigenvalue weighted by molar-refractivity contribution is 7.18. The number of aromatic nitrogens is 1. The molecular weight excluding hydrogens is 316 g/mol. The number of carbonyl (C=O) groups excluding carboxylic acids is 1. The van der Waals surface area contributed by atoms with Crippen LogP contribution in [0.4, 0.5) is 5.69 Å². The average Bonchev–Trinajstić information content (AvgIpc) is 3.03. The molecule has 0 unspecified atom stereocenters. The minimum atomic E-state index is 0.0191. The van der Waals surface area contributed by atoms with Gasteiger partial charge in [-0.25, -0.2) is 4.98 Å². The zero-order chi connectivity index (χ0) is 16.4. The monoisotopic (exact) mass is 332 g/mol. The number of aryl methyl sites for hydroxylation is 1. The van der Waals surface area contributed by atoms with Crippen LogP contribution in [-0.4, -0.2) is 10.9 Å². The van der Waals surface area contributed by atoms with Crippen molar-refractivity contribution in [1.29, 1.82) is 0 Å². The summed E-state index contributed by atoms with van der Waals surface area (Å²) >= 11 is 1.66. The first-order valence-corrected chi connectivity index (χ1v) is 8.73. The van der Waals surface area contributed by atoms with E-state index in [0.29, 0.717) is 12.8 Å². The summed E-state index contributed by atoms with van der Waals surface area (Å²) in [6.45, 7) is 0. The molecule has 1 amide bonds. The molecule has 0 spiro atoms. The molecule has 0 aliphatic rings. The molecule has 0 saturated carbocycles. The Morgan fingerprint density at radius 1 is 0.958 bits per heavy atom. The Kier molecular flexibility index (Phi) is 3.97. The van der Waals surface area contributed by atoms with Crippen molar-refractivity contribution in [3.8, 4) is 0 Å². The number of nitrogens with zero attached hydrogens (tertiary/aromatic N) is 1. The van der Waals surface area contributed by atoms with Crippen molar-refractivity contribution >= 4 is 43.9 Å². The van der Waals surface area contributed by atoms with Gasteiger partial charge in [-0.15, -0.1) is 11.3 Å². The summed E-state index contributed by atoms with van der Waals surface area (Å²) < 4.78 is 1.17. The number of amides is 1. The molecule has 4 rings (SSSR count). The van der Waals surface area contributed by atoms with E-state index in [9.17, 15) is 4.79 Å². The van der Waals surface area contributed by atoms with Gasteiger partial charge < -0.3 is 5.32 Å². The first-order chi connectivity index (χ1) is 11.8. The van der Waals surface area contributed by atoms with Gasteiger partial charge in [0.05, 0.1) is 15.2 Å². The molecule has 24 heavy (non-hydrogen) atoms. The third kappa shape index (κ3) is 3.01. The SMILES string of the molecule is O=C(CCc1nc2ccccc2s1)Nc1cccc2ccccc12. The zero-order valence-corrected chi connectivity index (χ0v) is 13.8. The van der Waals surface area contributed by atoms with Crippen LogP contribution in [0, 0.1) is 0 Å². The maximum Gasteiger partial charge on any atom is 0.224 e. The van der Waals surface area contributed by atoms with E-state index in [4.69, 9.17) is 0 Å². The van der Waals surface area contributed by atoms with E-state index in [0.717, 1.165) is 27.0 Å². The Labute approximate surface area is 144 Å². The van der Waals surface area contributed by atoms with Crippen LogP contribution in [0.5, 0.6) is 0 Å². The highest BCUT2D eigenvalue weighted by atomic mass is 32.1. The lowest BCUT2D eigenvalue weighted by atomic mass is 10.1. The first kappa shape index (κ1) is 14.8. The highest BCUT2D eigenvalue weighted by Gasteiger charge is 2.08. The number of anilines is 1. The number of carbonyl (C=O) groups is 1. The van der Waals surface area contributed by atoms with Gasteiger partial charge in [0, 0.05) is 23.9 Å². The molecule has 3 aromatic carbocycles. The Hall–Kier alpha value is -2.72. The number of hydrogen-bond donors (Lipinski definition) is 1. The fourth-order valence-electron chi connectivity index (χ4n) is 2.79. The summed E-state index contributed by atoms with van der Waals surface area (Å²) in [7, 11) is 0. The molecule has 0 aliphatic heterocycles. The van der Waals surface area contributed by atoms with Crippen molar-refractivity contribution in [2.24, 2.45) is 0 Å². The minimum Gasteiger partial charge on any atom is -0.326 e. The largest absolute Gasteiger partial charge is 0.326 e. The molecule has 4 heteroatoms. The minimum absolute atomic E-state index is 0.0191. The van der Waals surface area contributed by atoms with Gasteiger partial charge in [-0.2, -0.15) is 0 Å². The summed E-state index contributed by atoms with van der Waals surface area (Å²) in [5.74, 6) is 0.0191. The number of rotatable bonds is 4. The molecular formula is C20H16N2OS. The predicted molar refractivity (Wildman–Crippen MR) is 101 cm³/mol. The van der Waals surface area contributed by atoms with Crippen LogP contribution in [0.15, 0.2) is 66.7 Å². The smallest absolute Gasteiger partial charge is 0.224 e. The number of fused-ring (bicyclic) bond motifs is 2. The molecule has 4 aromatic rings. The Morgan fingerprint density at radius 2 is 1.75 bits per heavy atom. The van der Waals surface area contributed by atoms with Crippen LogP contribution < -0.4 is 5.32 Å². The van der Waals surface area contributed by atoms with Crippen molar-refractivity contribution in [2.75, 3.05) is 5.32 Å². The molecule has 0 bridgehead atoms. The fourth-order valence-corrected chi connectivity index (χ4v) is 3.76. The Balaban J connectivity index is 1.46. The van der Waals surface area contributed by atoms with E-state index in [1.165, 1.54) is 4.70 Å². The topological polar surface area (TPSA) is 42.0 Å². The van der Waals surface area contributed by atoms with Crippen LogP contribution in [0.2, 0.25) is 0 Å². The van der Waals surface area contributed by atoms with E-state index in [1.807, 2.05) is 60.7 Å². The second-order valence-electron chi connectivity index (χ2n) is 5.65. The van der Waals surface area contributed by atoms with E-state index in [2.05, 4.69) is 16.4 Å². The molecule has 1 aromatic heterocycles. The van der Waals surface area contributed by atoms with E-state index in [1.54, 1.807) is 11.3 Å². The molecule has 1 heterocycles. The Bertz CT molecular complexity index is 984. The summed E-state index contributed by atoms with van der Waals surface area (Å²) in [4.78, 5) is 16.9. The second kappa shape index (κ2) is 6.42. The molecule has 0 saturated heterocycles. The summed E-state index contributed by atoms with van der Waals surface area (Å²) in [5.41, 5.74) is 1.87. The van der Waals surface area contributed by atoms with Crippen LogP contribution in [0.3, 0.4) is 0 Å². The molecule has 0 fully saturated rings. The van der Waals surface area contributed by atoms with Crippen molar-refractivity contribution in [2.45, 2.75) is 12.8 Å². The fraction of sp³-hybridized carbons (Fsp3) is 0.100. The van der Waals surface area contributed by atoms with Gasteiger partial charge in [-0.1, -0.05) is 48.5 Å². The van der Waals surface area contributed by atoms with E-state index < -0.39 is 0 Å². The van der Waals surface area contributed by atoms with Crippen molar-refractivity contribution in [3.05, 3.63) is 71.7 Å². The van der Waals surface area contributed by atoms with Gasteiger partial charge in [-0.05, 0) is 23.6 Å². The second-order valence-corrected chi connectivity index (χ2v) is 6.77. The van der Waals surface area contributed by atoms with Crippen molar-refractivity contribution < 1.29 is 4.79 Å². The first-order valence-electron chi connectivity index (χ1n) is 7.92. The third-order valence-corrected chi connectivity index (χ3v) is 5.06. The Morgan fingerprint density at radius 3 is 2.67 bits per heavy atom. The molecule has 3 nitrogen and oxygen atoms in total. The lowest BCUT2D eigenvalue weighted by molar-refractivity contribution is -0.116. The van der Waals surface area contributed by atoms with Crippen LogP contribution in [0.25, 0.3) is 21.0 Å². The van der Waals surface area contributed by atoms with Gasteiger partial charge in [0.2, 0.25) is 5.91 Å². The van der Waals surface area contributed by atoms with Crippen LogP contribution in [-0.2, 0) is 11.2 Å². The van der Waals surface area contributed by atoms with Gasteiger partial charge >= 0.3 is 0 Å². The molecule has 0 radical (unpaired) electrons. The van der Waals surface area contributed by atoms with Gasteiger partial charge in [0.1, 0.15) is 0 Å². The van der Waals surface area contributed by atoms with Gasteiger partial charge in [-0.3, -0.25) is 4.79 Å². The standard InChI is InChI=1S/C20H16N2OS/c23-19(12-13-20-22-17-9-3-4-11-18(17)24-20)21-16-10-5-7-14-6-1-2-8-15(14)16/h1-11H,12-13H2,(H,21,23). The number of nitrogens with one attached hydrogen (secondary N) is 1. The quantitative estimate of drug-likeness (QED) is 0.570. The summed E-state index contributed by atoms with van der Waals surface area (Å²) in [5, 5.41) is 6.22. The van der Waals surface area contributed by atoms with Crippen LogP contribution >= 0.6 is 11.3 Å². The van der Waals surface area contributed by atoms with E-state index >= 15 is 0 Å². The summed E-state index contributed by atoms with van der Waals surface area (Å²) in [6, 6.07) is 22.1. The maximum absolute atomic E-state index is 12.3. The normalized spacial score (nSPS) is 11.0. The average molecular weight is 332 g/mol. The van der Waals surface area contributed by atoms with Crippen LogP contribution in [0.1, 0.15) is 11.4 Å². The molecule has 1 N–H and O–H groups in total. The predicted octanol–water partition coefficient (Wildman–Crippen LogP) is 5.02.